The van der Waals surface area contributed by atoms with E-state index in [1.807, 2.05) is 35.2 Å². The molecule has 0 unspecified atom stereocenters. The predicted octanol–water partition coefficient (Wildman–Crippen LogP) is 3.05. The molecule has 1 aromatic heterocycles. The molecule has 2 heterocycles. The first kappa shape index (κ1) is 19.1. The van der Waals surface area contributed by atoms with Gasteiger partial charge in [0.25, 0.3) is 5.91 Å². The van der Waals surface area contributed by atoms with Gasteiger partial charge in [0.05, 0.1) is 0 Å². The summed E-state index contributed by atoms with van der Waals surface area (Å²) in [5.41, 5.74) is 2.87. The van der Waals surface area contributed by atoms with Crippen molar-refractivity contribution >= 4 is 11.7 Å². The van der Waals surface area contributed by atoms with Gasteiger partial charge in [-0.05, 0) is 23.3 Å². The number of nitrogens with zero attached hydrogens (tertiary/aromatic N) is 4. The molecular weight excluding hydrogens is 362 g/mol. The van der Waals surface area contributed by atoms with Gasteiger partial charge in [-0.2, -0.15) is 0 Å². The Kier molecular flexibility index (Phi) is 6.12. The molecule has 1 aliphatic rings. The molecule has 3 aromatic rings. The van der Waals surface area contributed by atoms with Crippen LogP contribution in [0, 0.1) is 0 Å². The van der Waals surface area contributed by atoms with Gasteiger partial charge < -0.3 is 10.2 Å². The number of aromatic nitrogens is 2. The van der Waals surface area contributed by atoms with Gasteiger partial charge in [-0.25, -0.2) is 0 Å². The Labute approximate surface area is 171 Å². The molecule has 0 bridgehead atoms. The van der Waals surface area contributed by atoms with Gasteiger partial charge in [-0.3, -0.25) is 9.69 Å². The highest BCUT2D eigenvalue weighted by Gasteiger charge is 2.23. The van der Waals surface area contributed by atoms with Crippen LogP contribution in [0.3, 0.4) is 0 Å². The predicted molar refractivity (Wildman–Crippen MR) is 113 cm³/mol. The van der Waals surface area contributed by atoms with Crippen LogP contribution in [0.25, 0.3) is 0 Å². The molecule has 29 heavy (non-hydrogen) atoms. The lowest BCUT2D eigenvalue weighted by molar-refractivity contribution is 0.0621. The summed E-state index contributed by atoms with van der Waals surface area (Å²) in [5.74, 6) is 0.615. The summed E-state index contributed by atoms with van der Waals surface area (Å²) in [4.78, 5) is 17.0. The Hall–Kier alpha value is -3.25. The molecule has 4 rings (SSSR count). The van der Waals surface area contributed by atoms with E-state index < -0.39 is 0 Å². The van der Waals surface area contributed by atoms with Crippen LogP contribution in [0.1, 0.15) is 21.6 Å². The number of hydrogen-bond donors (Lipinski definition) is 1. The van der Waals surface area contributed by atoms with E-state index in [9.17, 15) is 4.79 Å². The van der Waals surface area contributed by atoms with Crippen LogP contribution in [-0.4, -0.2) is 52.1 Å². The zero-order chi connectivity index (χ0) is 19.9. The van der Waals surface area contributed by atoms with Crippen molar-refractivity contribution in [3.05, 3.63) is 89.6 Å². The molecule has 1 N–H and O–H groups in total. The number of carbonyl (C=O) groups is 1. The highest BCUT2D eigenvalue weighted by molar-refractivity contribution is 5.92. The van der Waals surface area contributed by atoms with Gasteiger partial charge >= 0.3 is 0 Å². The molecule has 0 radical (unpaired) electrons. The molecule has 1 aliphatic heterocycles. The standard InChI is InChI=1S/C23H25N5O/c29-23(28-15-13-27(14-16-28)18-20-9-5-2-6-10-20)21-11-12-22(26-25-21)24-17-19-7-3-1-4-8-19/h1-12H,13-18H2,(H,24,26). The summed E-state index contributed by atoms with van der Waals surface area (Å²) in [6, 6.07) is 24.1. The fraction of sp³-hybridized carbons (Fsp3) is 0.261. The van der Waals surface area contributed by atoms with Crippen molar-refractivity contribution in [2.75, 3.05) is 31.5 Å². The van der Waals surface area contributed by atoms with Gasteiger partial charge in [-0.1, -0.05) is 60.7 Å². The van der Waals surface area contributed by atoms with Crippen molar-refractivity contribution in [2.45, 2.75) is 13.1 Å². The third kappa shape index (κ3) is 5.18. The van der Waals surface area contributed by atoms with E-state index in [1.165, 1.54) is 11.1 Å². The SMILES string of the molecule is O=C(c1ccc(NCc2ccccc2)nn1)N1CCN(Cc2ccccc2)CC1. The number of benzene rings is 2. The number of piperazine rings is 1. The molecule has 6 nitrogen and oxygen atoms in total. The Bertz CT molecular complexity index is 907. The maximum Gasteiger partial charge on any atom is 0.274 e. The van der Waals surface area contributed by atoms with E-state index in [4.69, 9.17) is 0 Å². The quantitative estimate of drug-likeness (QED) is 0.704. The van der Waals surface area contributed by atoms with Crippen LogP contribution in [0.5, 0.6) is 0 Å². The summed E-state index contributed by atoms with van der Waals surface area (Å²) >= 11 is 0. The van der Waals surface area contributed by atoms with Crippen LogP contribution in [0.15, 0.2) is 72.8 Å². The zero-order valence-corrected chi connectivity index (χ0v) is 16.4. The minimum atomic E-state index is -0.0496. The molecule has 1 saturated heterocycles. The highest BCUT2D eigenvalue weighted by atomic mass is 16.2. The Morgan fingerprint density at radius 3 is 2.07 bits per heavy atom. The van der Waals surface area contributed by atoms with Gasteiger partial charge in [0.15, 0.2) is 5.69 Å². The van der Waals surface area contributed by atoms with Crippen LogP contribution < -0.4 is 5.32 Å². The lowest BCUT2D eigenvalue weighted by Gasteiger charge is -2.34. The van der Waals surface area contributed by atoms with E-state index in [2.05, 4.69) is 56.8 Å². The van der Waals surface area contributed by atoms with Gasteiger partial charge in [-0.15, -0.1) is 10.2 Å². The average Bonchev–Trinajstić information content (AvgIpc) is 2.79. The first-order valence-corrected chi connectivity index (χ1v) is 9.95. The van der Waals surface area contributed by atoms with Crippen LogP contribution in [0.2, 0.25) is 0 Å². The summed E-state index contributed by atoms with van der Waals surface area (Å²) in [7, 11) is 0. The second kappa shape index (κ2) is 9.30. The largest absolute Gasteiger partial charge is 0.365 e. The lowest BCUT2D eigenvalue weighted by Crippen LogP contribution is -2.48. The van der Waals surface area contributed by atoms with E-state index in [0.717, 1.165) is 19.6 Å². The van der Waals surface area contributed by atoms with Crippen molar-refractivity contribution in [2.24, 2.45) is 0 Å². The number of rotatable bonds is 6. The number of anilines is 1. The Morgan fingerprint density at radius 1 is 0.793 bits per heavy atom. The molecule has 0 saturated carbocycles. The van der Waals surface area contributed by atoms with Crippen LogP contribution in [0.4, 0.5) is 5.82 Å². The van der Waals surface area contributed by atoms with Crippen LogP contribution >= 0.6 is 0 Å². The molecule has 1 amide bonds. The van der Waals surface area contributed by atoms with E-state index in [-0.39, 0.29) is 5.91 Å². The second-order valence-electron chi connectivity index (χ2n) is 7.20. The van der Waals surface area contributed by atoms with Gasteiger partial charge in [0, 0.05) is 39.3 Å². The number of nitrogens with one attached hydrogen (secondary N) is 1. The smallest absolute Gasteiger partial charge is 0.274 e. The average molecular weight is 387 g/mol. The topological polar surface area (TPSA) is 61.4 Å². The van der Waals surface area contributed by atoms with Crippen molar-refractivity contribution in [3.63, 3.8) is 0 Å². The molecule has 6 heteroatoms. The number of hydrogen-bond acceptors (Lipinski definition) is 5. The number of carbonyl (C=O) groups excluding carboxylic acids is 1. The van der Waals surface area contributed by atoms with Gasteiger partial charge in [0.1, 0.15) is 5.82 Å². The zero-order valence-electron chi connectivity index (χ0n) is 16.4. The van der Waals surface area contributed by atoms with Crippen molar-refractivity contribution < 1.29 is 4.79 Å². The van der Waals surface area contributed by atoms with Crippen molar-refractivity contribution in [1.82, 2.24) is 20.0 Å². The number of amides is 1. The van der Waals surface area contributed by atoms with E-state index >= 15 is 0 Å². The maximum atomic E-state index is 12.7. The summed E-state index contributed by atoms with van der Waals surface area (Å²) in [6.45, 7) is 4.74. The molecule has 148 valence electrons. The summed E-state index contributed by atoms with van der Waals surface area (Å²) in [6.07, 6.45) is 0. The second-order valence-corrected chi connectivity index (χ2v) is 7.20. The maximum absolute atomic E-state index is 12.7. The molecule has 2 aromatic carbocycles. The van der Waals surface area contributed by atoms with Gasteiger partial charge in [0.2, 0.25) is 0 Å². The molecule has 0 spiro atoms. The summed E-state index contributed by atoms with van der Waals surface area (Å²) in [5, 5.41) is 11.5. The Morgan fingerprint density at radius 2 is 1.45 bits per heavy atom. The highest BCUT2D eigenvalue weighted by Crippen LogP contribution is 2.12. The molecule has 1 fully saturated rings. The van der Waals surface area contributed by atoms with Crippen LogP contribution in [-0.2, 0) is 13.1 Å². The molecule has 0 atom stereocenters. The normalized spacial score (nSPS) is 14.6. The van der Waals surface area contributed by atoms with Crippen molar-refractivity contribution in [3.8, 4) is 0 Å². The first-order chi connectivity index (χ1) is 14.3. The summed E-state index contributed by atoms with van der Waals surface area (Å²) < 4.78 is 0. The van der Waals surface area contributed by atoms with Crippen molar-refractivity contribution in [1.29, 1.82) is 0 Å². The molecule has 0 aliphatic carbocycles. The fourth-order valence-electron chi connectivity index (χ4n) is 3.44. The lowest BCUT2D eigenvalue weighted by atomic mass is 10.2. The van der Waals surface area contributed by atoms with E-state index in [0.29, 0.717) is 31.1 Å². The Balaban J connectivity index is 1.27. The third-order valence-electron chi connectivity index (χ3n) is 5.11. The monoisotopic (exact) mass is 387 g/mol. The molecular formula is C23H25N5O. The third-order valence-corrected chi connectivity index (χ3v) is 5.11. The minimum absolute atomic E-state index is 0.0496. The fourth-order valence-corrected chi connectivity index (χ4v) is 3.44. The minimum Gasteiger partial charge on any atom is -0.365 e. The first-order valence-electron chi connectivity index (χ1n) is 9.95. The van der Waals surface area contributed by atoms with E-state index in [1.54, 1.807) is 6.07 Å².